The van der Waals surface area contributed by atoms with Crippen molar-refractivity contribution in [1.29, 1.82) is 0 Å². The maximum atomic E-state index is 12.4. The second kappa shape index (κ2) is 14.2. The highest BCUT2D eigenvalue weighted by Crippen LogP contribution is 2.24. The van der Waals surface area contributed by atoms with E-state index in [1.807, 2.05) is 20.8 Å². The Bertz CT molecular complexity index is 467. The molecule has 0 spiro atoms. The van der Waals surface area contributed by atoms with Crippen LogP contribution >= 0.6 is 24.0 Å². The van der Waals surface area contributed by atoms with Crippen molar-refractivity contribution in [2.24, 2.45) is 16.8 Å². The van der Waals surface area contributed by atoms with Crippen molar-refractivity contribution in [2.75, 3.05) is 45.8 Å². The zero-order valence-corrected chi connectivity index (χ0v) is 19.4. The summed E-state index contributed by atoms with van der Waals surface area (Å²) in [6.45, 7) is 8.36. The zero-order valence-electron chi connectivity index (χ0n) is 17.1. The number of alkyl halides is 3. The first-order valence-corrected chi connectivity index (χ1v) is 9.80. The molecule has 0 aliphatic carbocycles. The molecule has 0 unspecified atom stereocenters. The Hall–Kier alpha value is -0.780. The van der Waals surface area contributed by atoms with Crippen LogP contribution in [-0.4, -0.2) is 68.8 Å². The number of guanidine groups is 1. The van der Waals surface area contributed by atoms with Crippen LogP contribution in [0.5, 0.6) is 0 Å². The van der Waals surface area contributed by atoms with E-state index in [0.717, 1.165) is 25.8 Å². The zero-order chi connectivity index (χ0) is 20.3. The van der Waals surface area contributed by atoms with Gasteiger partial charge in [-0.25, -0.2) is 0 Å². The average Bonchev–Trinajstić information content (AvgIpc) is 2.58. The smallest absolute Gasteiger partial charge is 0.357 e. The van der Waals surface area contributed by atoms with Gasteiger partial charge < -0.3 is 16.0 Å². The molecule has 10 heteroatoms. The molecule has 0 bridgehead atoms. The number of hydrogen-bond acceptors (Lipinski definition) is 3. The number of carbonyl (C=O) groups is 1. The Morgan fingerprint density at radius 2 is 1.75 bits per heavy atom. The summed E-state index contributed by atoms with van der Waals surface area (Å²) in [5.74, 6) is 1.11. The third-order valence-electron chi connectivity index (χ3n) is 4.50. The van der Waals surface area contributed by atoms with Gasteiger partial charge in [0.05, 0.1) is 6.54 Å². The lowest BCUT2D eigenvalue weighted by atomic mass is 9.93. The molecule has 1 amide bonds. The van der Waals surface area contributed by atoms with E-state index in [-0.39, 0.29) is 35.8 Å². The van der Waals surface area contributed by atoms with E-state index in [0.29, 0.717) is 44.6 Å². The van der Waals surface area contributed by atoms with E-state index in [4.69, 9.17) is 0 Å². The van der Waals surface area contributed by atoms with Crippen molar-refractivity contribution in [2.45, 2.75) is 46.2 Å². The van der Waals surface area contributed by atoms with Gasteiger partial charge in [0.25, 0.3) is 0 Å². The summed E-state index contributed by atoms with van der Waals surface area (Å²) in [7, 11) is 0. The van der Waals surface area contributed by atoms with Crippen LogP contribution < -0.4 is 16.0 Å². The standard InChI is InChI=1S/C18H34F3N5O.HI/c1-4-22-17(25-10-9-23-16(27)14(2)3)24-8-5-15-6-11-26(12-7-15)13-18(19,20)21;/h14-15H,4-13H2,1-3H3,(H,23,27)(H2,22,24,25);1H. The van der Waals surface area contributed by atoms with E-state index in [2.05, 4.69) is 20.9 Å². The predicted molar refractivity (Wildman–Crippen MR) is 117 cm³/mol. The maximum absolute atomic E-state index is 12.4. The fraction of sp³-hybridized carbons (Fsp3) is 0.889. The molecular weight excluding hydrogens is 486 g/mol. The molecule has 6 nitrogen and oxygen atoms in total. The van der Waals surface area contributed by atoms with Crippen LogP contribution in [0.3, 0.4) is 0 Å². The number of amides is 1. The van der Waals surface area contributed by atoms with Gasteiger partial charge in [-0.05, 0) is 45.2 Å². The largest absolute Gasteiger partial charge is 0.401 e. The van der Waals surface area contributed by atoms with Crippen LogP contribution in [-0.2, 0) is 4.79 Å². The lowest BCUT2D eigenvalue weighted by Gasteiger charge is -2.32. The number of carbonyl (C=O) groups excluding carboxylic acids is 1. The van der Waals surface area contributed by atoms with Crippen LogP contribution in [0.25, 0.3) is 0 Å². The van der Waals surface area contributed by atoms with E-state index in [1.165, 1.54) is 4.90 Å². The Labute approximate surface area is 183 Å². The van der Waals surface area contributed by atoms with Gasteiger partial charge in [0, 0.05) is 32.1 Å². The van der Waals surface area contributed by atoms with Crippen molar-refractivity contribution >= 4 is 35.8 Å². The second-order valence-corrected chi connectivity index (χ2v) is 7.26. The molecule has 0 atom stereocenters. The fourth-order valence-corrected chi connectivity index (χ4v) is 2.96. The third kappa shape index (κ3) is 12.6. The normalized spacial score (nSPS) is 16.6. The van der Waals surface area contributed by atoms with Crippen LogP contribution in [0, 0.1) is 11.8 Å². The molecular formula is C18H35F3IN5O. The molecule has 1 rings (SSSR count). The van der Waals surface area contributed by atoms with Crippen molar-refractivity contribution in [1.82, 2.24) is 20.9 Å². The van der Waals surface area contributed by atoms with Crippen molar-refractivity contribution in [3.05, 3.63) is 0 Å². The second-order valence-electron chi connectivity index (χ2n) is 7.26. The van der Waals surface area contributed by atoms with Gasteiger partial charge in [0.1, 0.15) is 0 Å². The van der Waals surface area contributed by atoms with Crippen molar-refractivity contribution < 1.29 is 18.0 Å². The molecule has 1 heterocycles. The summed E-state index contributed by atoms with van der Waals surface area (Å²) < 4.78 is 37.2. The summed E-state index contributed by atoms with van der Waals surface area (Å²) >= 11 is 0. The van der Waals surface area contributed by atoms with Gasteiger partial charge in [-0.1, -0.05) is 13.8 Å². The van der Waals surface area contributed by atoms with E-state index in [9.17, 15) is 18.0 Å². The van der Waals surface area contributed by atoms with Crippen LogP contribution in [0.1, 0.15) is 40.0 Å². The summed E-state index contributed by atoms with van der Waals surface area (Å²) in [6, 6.07) is 0. The number of rotatable bonds is 9. The molecule has 0 saturated carbocycles. The lowest BCUT2D eigenvalue weighted by molar-refractivity contribution is -0.148. The van der Waals surface area contributed by atoms with Crippen molar-refractivity contribution in [3.63, 3.8) is 0 Å². The fourth-order valence-electron chi connectivity index (χ4n) is 2.96. The first kappa shape index (κ1) is 27.2. The quantitative estimate of drug-likeness (QED) is 0.189. The molecule has 0 aromatic heterocycles. The molecule has 166 valence electrons. The lowest BCUT2D eigenvalue weighted by Crippen LogP contribution is -2.42. The van der Waals surface area contributed by atoms with Gasteiger partial charge in [0.2, 0.25) is 5.91 Å². The van der Waals surface area contributed by atoms with Gasteiger partial charge >= 0.3 is 6.18 Å². The minimum atomic E-state index is -4.11. The number of halogens is 4. The number of likely N-dealkylation sites (tertiary alicyclic amines) is 1. The molecule has 3 N–H and O–H groups in total. The van der Waals surface area contributed by atoms with Crippen LogP contribution in [0.15, 0.2) is 4.99 Å². The molecule has 0 aromatic rings. The monoisotopic (exact) mass is 521 g/mol. The third-order valence-corrected chi connectivity index (χ3v) is 4.50. The number of nitrogens with one attached hydrogen (secondary N) is 3. The number of nitrogens with zero attached hydrogens (tertiary/aromatic N) is 2. The van der Waals surface area contributed by atoms with Gasteiger partial charge in [-0.2, -0.15) is 13.2 Å². The summed E-state index contributed by atoms with van der Waals surface area (Å²) in [4.78, 5) is 17.5. The first-order chi connectivity index (χ1) is 12.7. The number of piperidine rings is 1. The van der Waals surface area contributed by atoms with Gasteiger partial charge in [-0.15, -0.1) is 24.0 Å². The van der Waals surface area contributed by atoms with Gasteiger partial charge in [-0.3, -0.25) is 14.7 Å². The minimum Gasteiger partial charge on any atom is -0.357 e. The number of hydrogen-bond donors (Lipinski definition) is 3. The average molecular weight is 521 g/mol. The van der Waals surface area contributed by atoms with Crippen molar-refractivity contribution in [3.8, 4) is 0 Å². The topological polar surface area (TPSA) is 68.8 Å². The van der Waals surface area contributed by atoms with Gasteiger partial charge in [0.15, 0.2) is 5.96 Å². The maximum Gasteiger partial charge on any atom is 0.401 e. The Morgan fingerprint density at radius 1 is 1.14 bits per heavy atom. The highest BCUT2D eigenvalue weighted by molar-refractivity contribution is 14.0. The van der Waals surface area contributed by atoms with Crippen LogP contribution in [0.2, 0.25) is 0 Å². The minimum absolute atomic E-state index is 0. The molecule has 1 saturated heterocycles. The predicted octanol–water partition coefficient (Wildman–Crippen LogP) is 2.60. The highest BCUT2D eigenvalue weighted by Gasteiger charge is 2.32. The molecule has 1 aliphatic heterocycles. The molecule has 1 fully saturated rings. The molecule has 0 radical (unpaired) electrons. The molecule has 28 heavy (non-hydrogen) atoms. The summed E-state index contributed by atoms with van der Waals surface area (Å²) in [5, 5.41) is 9.17. The van der Waals surface area contributed by atoms with E-state index >= 15 is 0 Å². The SMILES string of the molecule is CCNC(=NCCC1CCN(CC(F)(F)F)CC1)NCCNC(=O)C(C)C.I. The van der Waals surface area contributed by atoms with Crippen LogP contribution in [0.4, 0.5) is 13.2 Å². The summed E-state index contributed by atoms with van der Waals surface area (Å²) in [5.41, 5.74) is 0. The Kier molecular flexibility index (Phi) is 13.8. The van der Waals surface area contributed by atoms with E-state index in [1.54, 1.807) is 0 Å². The number of aliphatic imine (C=N–C) groups is 1. The first-order valence-electron chi connectivity index (χ1n) is 9.80. The Morgan fingerprint density at radius 3 is 2.29 bits per heavy atom. The summed E-state index contributed by atoms with van der Waals surface area (Å²) in [6.07, 6.45) is -1.66. The van der Waals surface area contributed by atoms with E-state index < -0.39 is 12.7 Å². The molecule has 0 aromatic carbocycles. The highest BCUT2D eigenvalue weighted by atomic mass is 127. The molecule has 1 aliphatic rings. The Balaban J connectivity index is 0.00000729.